The van der Waals surface area contributed by atoms with E-state index in [2.05, 4.69) is 14.7 Å². The van der Waals surface area contributed by atoms with Crippen molar-refractivity contribution in [3.05, 3.63) is 35.9 Å². The summed E-state index contributed by atoms with van der Waals surface area (Å²) in [5, 5.41) is 15.2. The molecule has 1 amide bonds. The summed E-state index contributed by atoms with van der Waals surface area (Å²) in [5.41, 5.74) is 0.934. The molecule has 0 aliphatic heterocycles. The van der Waals surface area contributed by atoms with Gasteiger partial charge in [-0.3, -0.25) is 5.04 Å². The van der Waals surface area contributed by atoms with Crippen LogP contribution in [0.4, 0.5) is 4.79 Å². The van der Waals surface area contributed by atoms with Crippen LogP contribution in [0.2, 0.25) is 0 Å². The average Bonchev–Trinajstić information content (AvgIpc) is 2.41. The lowest BCUT2D eigenvalue weighted by atomic mass is 10.2. The Bertz CT molecular complexity index is 335. The van der Waals surface area contributed by atoms with E-state index in [1.807, 2.05) is 30.3 Å². The number of alkyl carbamates (subject to hydrolysis) is 1. The van der Waals surface area contributed by atoms with Crippen molar-refractivity contribution in [3.8, 4) is 0 Å². The number of amides is 1. The summed E-state index contributed by atoms with van der Waals surface area (Å²) in [7, 11) is 0. The molecule has 1 rings (SSSR count). The molecule has 0 atom stereocenters. The fourth-order valence-corrected chi connectivity index (χ4v) is 1.52. The third kappa shape index (κ3) is 7.13. The fraction of sp³-hybridized carbons (Fsp3) is 0.364. The summed E-state index contributed by atoms with van der Waals surface area (Å²) in [6.07, 6.45) is 0.180. The predicted octanol–water partition coefficient (Wildman–Crippen LogP) is 1.17. The predicted molar refractivity (Wildman–Crippen MR) is 63.9 cm³/mol. The molecule has 0 unspecified atom stereocenters. The van der Waals surface area contributed by atoms with E-state index in [0.29, 0.717) is 18.7 Å². The molecule has 0 heterocycles. The quantitative estimate of drug-likeness (QED) is 0.331. The van der Waals surface area contributed by atoms with Gasteiger partial charge in [0.1, 0.15) is 6.61 Å². The Hall–Kier alpha value is -1.28. The van der Waals surface area contributed by atoms with Crippen molar-refractivity contribution in [1.82, 2.24) is 5.32 Å². The first-order valence-corrected chi connectivity index (χ1v) is 6.26. The van der Waals surface area contributed by atoms with Crippen LogP contribution in [0.15, 0.2) is 30.3 Å². The number of carbonyl (C=O) groups excluding carboxylic acids is 1. The Kier molecular flexibility index (Phi) is 7.98. The third-order valence-corrected chi connectivity index (χ3v) is 2.57. The lowest BCUT2D eigenvalue weighted by molar-refractivity contribution is -0.777. The van der Waals surface area contributed by atoms with E-state index in [-0.39, 0.29) is 6.61 Å². The topological polar surface area (TPSA) is 79.9 Å². The zero-order chi connectivity index (χ0) is 13.1. The van der Waals surface area contributed by atoms with Crippen molar-refractivity contribution in [2.75, 3.05) is 12.3 Å². The molecule has 100 valence electrons. The highest BCUT2D eigenvalue weighted by Gasteiger charge is 2.01. The molecular weight excluding hydrogens is 258 g/mol. The van der Waals surface area contributed by atoms with Gasteiger partial charge in [0.25, 0.3) is 0 Å². The maximum atomic E-state index is 11.3. The number of benzene rings is 1. The van der Waals surface area contributed by atoms with Gasteiger partial charge in [0.15, 0.2) is 0 Å². The van der Waals surface area contributed by atoms with Crippen molar-refractivity contribution >= 4 is 18.1 Å². The Morgan fingerprint density at radius 2 is 2.11 bits per heavy atom. The van der Waals surface area contributed by atoms with E-state index < -0.39 is 6.09 Å². The molecule has 0 saturated heterocycles. The van der Waals surface area contributed by atoms with E-state index in [0.717, 1.165) is 17.6 Å². The van der Waals surface area contributed by atoms with Gasteiger partial charge in [0, 0.05) is 24.3 Å². The van der Waals surface area contributed by atoms with Crippen LogP contribution in [0, 0.1) is 0 Å². The maximum Gasteiger partial charge on any atom is 0.407 e. The minimum Gasteiger partial charge on any atom is -0.691 e. The number of rotatable bonds is 8. The van der Waals surface area contributed by atoms with Crippen molar-refractivity contribution in [2.45, 2.75) is 13.0 Å². The molecule has 1 aromatic carbocycles. The first kappa shape index (κ1) is 14.8. The van der Waals surface area contributed by atoms with Gasteiger partial charge in [-0.2, -0.15) is 4.33 Å². The maximum absolute atomic E-state index is 11.3. The largest absolute Gasteiger partial charge is 0.691 e. The molecule has 0 saturated carbocycles. The van der Waals surface area contributed by atoms with Crippen LogP contribution < -0.4 is 10.6 Å². The summed E-state index contributed by atoms with van der Waals surface area (Å²) in [6.45, 7) is 0.692. The van der Waals surface area contributed by atoms with Crippen LogP contribution in [0.1, 0.15) is 12.0 Å². The van der Waals surface area contributed by atoms with E-state index in [1.54, 1.807) is 0 Å². The normalized spacial score (nSPS) is 10.1. The number of hydrogen-bond donors (Lipinski definition) is 1. The third-order valence-electron chi connectivity index (χ3n) is 1.96. The Morgan fingerprint density at radius 3 is 2.83 bits per heavy atom. The van der Waals surface area contributed by atoms with Gasteiger partial charge in [-0.15, -0.1) is 0 Å². The molecule has 1 N–H and O–H groups in total. The van der Waals surface area contributed by atoms with E-state index >= 15 is 0 Å². The highest BCUT2D eigenvalue weighted by Crippen LogP contribution is 2.03. The second-order valence-corrected chi connectivity index (χ2v) is 4.08. The van der Waals surface area contributed by atoms with Gasteiger partial charge >= 0.3 is 6.09 Å². The number of carbonyl (C=O) groups is 1. The zero-order valence-corrected chi connectivity index (χ0v) is 10.5. The Balaban J connectivity index is 2.01. The molecule has 0 aliphatic rings. The van der Waals surface area contributed by atoms with Crippen molar-refractivity contribution in [2.24, 2.45) is 0 Å². The number of nitrogens with one attached hydrogen (secondary N) is 1. The van der Waals surface area contributed by atoms with Gasteiger partial charge in [0.05, 0.1) is 0 Å². The Morgan fingerprint density at radius 1 is 1.33 bits per heavy atom. The Labute approximate surface area is 109 Å². The van der Waals surface area contributed by atoms with Crippen LogP contribution in [0.3, 0.4) is 0 Å². The van der Waals surface area contributed by atoms with Crippen molar-refractivity contribution < 1.29 is 24.2 Å². The van der Waals surface area contributed by atoms with Crippen LogP contribution in [-0.2, 0) is 20.7 Å². The molecule has 0 aromatic heterocycles. The molecule has 6 nitrogen and oxygen atoms in total. The lowest BCUT2D eigenvalue weighted by Gasteiger charge is -2.07. The highest BCUT2D eigenvalue weighted by atomic mass is 32.2. The molecule has 0 aliphatic carbocycles. The SMILES string of the molecule is O=C(NCCCSOO[O-])OCc1ccccc1. The molecule has 18 heavy (non-hydrogen) atoms. The molecule has 0 fully saturated rings. The molecular formula is C11H14NO5S-. The zero-order valence-electron chi connectivity index (χ0n) is 9.66. The minimum atomic E-state index is -0.468. The van der Waals surface area contributed by atoms with Gasteiger partial charge in [-0.1, -0.05) is 30.3 Å². The van der Waals surface area contributed by atoms with Crippen LogP contribution in [0.5, 0.6) is 0 Å². The fourth-order valence-electron chi connectivity index (χ4n) is 1.15. The second kappa shape index (κ2) is 9.72. The molecule has 0 spiro atoms. The van der Waals surface area contributed by atoms with Gasteiger partial charge < -0.3 is 15.3 Å². The number of ether oxygens (including phenoxy) is 1. The van der Waals surface area contributed by atoms with Crippen molar-refractivity contribution in [3.63, 3.8) is 0 Å². The first-order valence-electron chi connectivity index (χ1n) is 5.35. The second-order valence-electron chi connectivity index (χ2n) is 3.30. The van der Waals surface area contributed by atoms with E-state index in [4.69, 9.17) is 4.74 Å². The molecule has 1 aromatic rings. The average molecular weight is 272 g/mol. The summed E-state index contributed by atoms with van der Waals surface area (Å²) < 4.78 is 9.06. The standard InChI is InChI=1S/C11H15NO5S/c13-11(12-7-4-8-18-17-16-14)15-9-10-5-2-1-3-6-10/h1-3,5-6,14H,4,7-9H2,(H,12,13)/p-1. The van der Waals surface area contributed by atoms with Crippen LogP contribution >= 0.6 is 12.0 Å². The van der Waals surface area contributed by atoms with Crippen LogP contribution in [-0.4, -0.2) is 18.4 Å². The van der Waals surface area contributed by atoms with E-state index in [1.165, 1.54) is 0 Å². The first-order chi connectivity index (χ1) is 8.83. The van der Waals surface area contributed by atoms with Gasteiger partial charge in [0.2, 0.25) is 0 Å². The lowest BCUT2D eigenvalue weighted by Crippen LogP contribution is -2.25. The highest BCUT2D eigenvalue weighted by molar-refractivity contribution is 7.94. The summed E-state index contributed by atoms with van der Waals surface area (Å²) >= 11 is 0.888. The smallest absolute Gasteiger partial charge is 0.407 e. The van der Waals surface area contributed by atoms with Crippen molar-refractivity contribution in [1.29, 1.82) is 0 Å². The molecule has 7 heteroatoms. The van der Waals surface area contributed by atoms with Gasteiger partial charge in [-0.25, -0.2) is 4.79 Å². The monoisotopic (exact) mass is 272 g/mol. The molecule has 0 bridgehead atoms. The summed E-state index contributed by atoms with van der Waals surface area (Å²) in [5.74, 6) is 0.543. The van der Waals surface area contributed by atoms with E-state index in [9.17, 15) is 10.1 Å². The molecule has 0 radical (unpaired) electrons. The number of hydrogen-bond acceptors (Lipinski definition) is 6. The summed E-state index contributed by atoms with van der Waals surface area (Å²) in [4.78, 5) is 11.3. The van der Waals surface area contributed by atoms with Crippen LogP contribution in [0.25, 0.3) is 0 Å². The van der Waals surface area contributed by atoms with Gasteiger partial charge in [-0.05, 0) is 12.0 Å². The summed E-state index contributed by atoms with van der Waals surface area (Å²) in [6, 6.07) is 9.42. The minimum absolute atomic E-state index is 0.245.